The second-order valence-electron chi connectivity index (χ2n) is 3.25. The quantitative estimate of drug-likeness (QED) is 0.769. The van der Waals surface area contributed by atoms with Crippen molar-refractivity contribution in [1.82, 2.24) is 4.90 Å². The summed E-state index contributed by atoms with van der Waals surface area (Å²) in [5, 5.41) is 11.7. The summed E-state index contributed by atoms with van der Waals surface area (Å²) < 4.78 is 0. The van der Waals surface area contributed by atoms with E-state index >= 15 is 0 Å². The highest BCUT2D eigenvalue weighted by Gasteiger charge is 2.13. The number of amides is 1. The monoisotopic (exact) mass is 208 g/mol. The van der Waals surface area contributed by atoms with E-state index in [2.05, 4.69) is 5.32 Å². The average molecular weight is 208 g/mol. The minimum absolute atomic E-state index is 0.0238. The molecule has 4 nitrogen and oxygen atoms in total. The summed E-state index contributed by atoms with van der Waals surface area (Å²) >= 11 is 0. The number of likely N-dealkylation sites (N-methyl/N-ethyl adjacent to an activating group) is 1. The van der Waals surface area contributed by atoms with Gasteiger partial charge in [0.15, 0.2) is 0 Å². The van der Waals surface area contributed by atoms with Crippen molar-refractivity contribution >= 4 is 11.6 Å². The fourth-order valence-corrected chi connectivity index (χ4v) is 1.34. The lowest BCUT2D eigenvalue weighted by molar-refractivity contribution is 0.0768. The molecule has 0 fully saturated rings. The minimum Gasteiger partial charge on any atom is -0.395 e. The van der Waals surface area contributed by atoms with E-state index in [1.807, 2.05) is 18.2 Å². The largest absolute Gasteiger partial charge is 0.395 e. The summed E-state index contributed by atoms with van der Waals surface area (Å²) in [4.78, 5) is 13.4. The van der Waals surface area contributed by atoms with Gasteiger partial charge in [-0.15, -0.1) is 0 Å². The summed E-state index contributed by atoms with van der Waals surface area (Å²) in [6.45, 7) is 0.320. The van der Waals surface area contributed by atoms with E-state index in [1.165, 1.54) is 4.90 Å². The standard InChI is InChI=1S/C11H16N2O2/c1-12-10-6-4-3-5-9(10)11(15)13(2)7-8-14/h3-6,12,14H,7-8H2,1-2H3. The van der Waals surface area contributed by atoms with Crippen molar-refractivity contribution in [3.63, 3.8) is 0 Å². The molecule has 82 valence electrons. The molecule has 0 aromatic heterocycles. The summed E-state index contributed by atoms with van der Waals surface area (Å²) in [5.41, 5.74) is 1.42. The van der Waals surface area contributed by atoms with Gasteiger partial charge in [0.1, 0.15) is 0 Å². The van der Waals surface area contributed by atoms with Gasteiger partial charge in [0, 0.05) is 26.3 Å². The zero-order chi connectivity index (χ0) is 11.3. The Morgan fingerprint density at radius 3 is 2.73 bits per heavy atom. The average Bonchev–Trinajstić information content (AvgIpc) is 2.28. The van der Waals surface area contributed by atoms with Crippen molar-refractivity contribution in [3.8, 4) is 0 Å². The molecular weight excluding hydrogens is 192 g/mol. The number of benzene rings is 1. The lowest BCUT2D eigenvalue weighted by atomic mass is 10.1. The Kier molecular flexibility index (Phi) is 4.12. The lowest BCUT2D eigenvalue weighted by Gasteiger charge is -2.17. The van der Waals surface area contributed by atoms with E-state index in [1.54, 1.807) is 20.2 Å². The van der Waals surface area contributed by atoms with E-state index in [0.29, 0.717) is 12.1 Å². The minimum atomic E-state index is -0.0889. The van der Waals surface area contributed by atoms with E-state index in [4.69, 9.17) is 5.11 Å². The predicted molar refractivity (Wildman–Crippen MR) is 60.0 cm³/mol. The Bertz CT molecular complexity index is 339. The number of para-hydroxylation sites is 1. The van der Waals surface area contributed by atoms with Crippen LogP contribution in [-0.2, 0) is 0 Å². The molecule has 0 radical (unpaired) electrons. The van der Waals surface area contributed by atoms with Crippen molar-refractivity contribution in [3.05, 3.63) is 29.8 Å². The first-order valence-corrected chi connectivity index (χ1v) is 4.83. The van der Waals surface area contributed by atoms with Crippen molar-refractivity contribution in [2.45, 2.75) is 0 Å². The molecule has 0 saturated carbocycles. The van der Waals surface area contributed by atoms with Crippen LogP contribution < -0.4 is 5.32 Å². The van der Waals surface area contributed by atoms with E-state index < -0.39 is 0 Å². The van der Waals surface area contributed by atoms with Crippen LogP contribution in [0.2, 0.25) is 0 Å². The highest BCUT2D eigenvalue weighted by Crippen LogP contribution is 2.15. The number of rotatable bonds is 4. The number of anilines is 1. The zero-order valence-electron chi connectivity index (χ0n) is 9.03. The van der Waals surface area contributed by atoms with Crippen LogP contribution in [0.1, 0.15) is 10.4 Å². The molecule has 1 amide bonds. The molecule has 0 heterocycles. The van der Waals surface area contributed by atoms with Gasteiger partial charge in [-0.25, -0.2) is 0 Å². The van der Waals surface area contributed by atoms with Crippen LogP contribution in [0.25, 0.3) is 0 Å². The molecule has 1 rings (SSSR count). The first-order chi connectivity index (χ1) is 7.20. The first-order valence-electron chi connectivity index (χ1n) is 4.83. The summed E-state index contributed by atoms with van der Waals surface area (Å²) in [6.07, 6.45) is 0. The number of aliphatic hydroxyl groups excluding tert-OH is 1. The van der Waals surface area contributed by atoms with E-state index in [-0.39, 0.29) is 12.5 Å². The van der Waals surface area contributed by atoms with Crippen LogP contribution in [0.15, 0.2) is 24.3 Å². The van der Waals surface area contributed by atoms with Crippen LogP contribution >= 0.6 is 0 Å². The predicted octanol–water partition coefficient (Wildman–Crippen LogP) is 0.793. The molecule has 1 aromatic carbocycles. The van der Waals surface area contributed by atoms with Crippen LogP contribution in [0.5, 0.6) is 0 Å². The molecule has 1 aromatic rings. The van der Waals surface area contributed by atoms with Gasteiger partial charge in [-0.1, -0.05) is 12.1 Å². The number of carbonyl (C=O) groups is 1. The molecule has 0 aliphatic heterocycles. The third kappa shape index (κ3) is 2.70. The van der Waals surface area contributed by atoms with Crippen LogP contribution in [0.3, 0.4) is 0 Å². The topological polar surface area (TPSA) is 52.6 Å². The maximum atomic E-state index is 11.9. The number of carbonyl (C=O) groups excluding carboxylic acids is 1. The van der Waals surface area contributed by atoms with Crippen molar-refractivity contribution in [2.75, 3.05) is 32.6 Å². The third-order valence-corrected chi connectivity index (χ3v) is 2.21. The fourth-order valence-electron chi connectivity index (χ4n) is 1.34. The van der Waals surface area contributed by atoms with E-state index in [9.17, 15) is 4.79 Å². The maximum Gasteiger partial charge on any atom is 0.255 e. The molecule has 0 aliphatic rings. The number of hydrogen-bond donors (Lipinski definition) is 2. The fraction of sp³-hybridized carbons (Fsp3) is 0.364. The van der Waals surface area contributed by atoms with Gasteiger partial charge in [0.05, 0.1) is 12.2 Å². The van der Waals surface area contributed by atoms with Gasteiger partial charge in [-0.05, 0) is 12.1 Å². The molecule has 0 aliphatic carbocycles. The zero-order valence-corrected chi connectivity index (χ0v) is 9.03. The highest BCUT2D eigenvalue weighted by atomic mass is 16.3. The van der Waals surface area contributed by atoms with Gasteiger partial charge in [0.25, 0.3) is 5.91 Å². The Morgan fingerprint density at radius 2 is 2.13 bits per heavy atom. The number of aliphatic hydroxyl groups is 1. The van der Waals surface area contributed by atoms with Gasteiger partial charge in [0.2, 0.25) is 0 Å². The molecule has 15 heavy (non-hydrogen) atoms. The molecule has 2 N–H and O–H groups in total. The Labute approximate surface area is 89.5 Å². The molecule has 0 unspecified atom stereocenters. The normalized spacial score (nSPS) is 9.80. The molecular formula is C11H16N2O2. The SMILES string of the molecule is CNc1ccccc1C(=O)N(C)CCO. The second kappa shape index (κ2) is 5.36. The lowest BCUT2D eigenvalue weighted by Crippen LogP contribution is -2.29. The molecule has 0 bridgehead atoms. The van der Waals surface area contributed by atoms with Gasteiger partial charge in [-0.2, -0.15) is 0 Å². The second-order valence-corrected chi connectivity index (χ2v) is 3.25. The van der Waals surface area contributed by atoms with Gasteiger partial charge in [-0.3, -0.25) is 4.79 Å². The van der Waals surface area contributed by atoms with Crippen LogP contribution in [0.4, 0.5) is 5.69 Å². The van der Waals surface area contributed by atoms with Crippen LogP contribution in [-0.4, -0.2) is 43.2 Å². The number of hydrogen-bond acceptors (Lipinski definition) is 3. The van der Waals surface area contributed by atoms with Crippen molar-refractivity contribution in [1.29, 1.82) is 0 Å². The number of nitrogens with zero attached hydrogens (tertiary/aromatic N) is 1. The molecule has 0 atom stereocenters. The summed E-state index contributed by atoms with van der Waals surface area (Å²) in [7, 11) is 3.45. The first kappa shape index (κ1) is 11.5. The molecule has 4 heteroatoms. The Hall–Kier alpha value is -1.55. The number of nitrogens with one attached hydrogen (secondary N) is 1. The molecule has 0 saturated heterocycles. The molecule has 0 spiro atoms. The highest BCUT2D eigenvalue weighted by molar-refractivity contribution is 5.99. The van der Waals surface area contributed by atoms with E-state index in [0.717, 1.165) is 5.69 Å². The maximum absolute atomic E-state index is 11.9. The van der Waals surface area contributed by atoms with Crippen molar-refractivity contribution < 1.29 is 9.90 Å². The summed E-state index contributed by atoms with van der Waals surface area (Å²) in [5.74, 6) is -0.0889. The third-order valence-electron chi connectivity index (χ3n) is 2.21. The van der Waals surface area contributed by atoms with Crippen LogP contribution in [0, 0.1) is 0 Å². The summed E-state index contributed by atoms with van der Waals surface area (Å²) in [6, 6.07) is 7.30. The van der Waals surface area contributed by atoms with Gasteiger partial charge < -0.3 is 15.3 Å². The van der Waals surface area contributed by atoms with Gasteiger partial charge >= 0.3 is 0 Å². The Morgan fingerprint density at radius 1 is 1.47 bits per heavy atom. The Balaban J connectivity index is 2.90. The smallest absolute Gasteiger partial charge is 0.255 e. The van der Waals surface area contributed by atoms with Crippen molar-refractivity contribution in [2.24, 2.45) is 0 Å².